The van der Waals surface area contributed by atoms with E-state index >= 15 is 0 Å². The zero-order chi connectivity index (χ0) is 16.4. The van der Waals surface area contributed by atoms with Gasteiger partial charge in [-0.15, -0.1) is 0 Å². The van der Waals surface area contributed by atoms with Crippen LogP contribution in [0.4, 0.5) is 5.69 Å². The standard InChI is InChI=1S/C15H16N2O5S/c1-9-14(10(2)22-16-9)7-23-6-12-4-13(17(18)19)3-11-5-20-8-21-15(11)12/h3-4H,5-8H2,1-2H3. The van der Waals surface area contributed by atoms with E-state index in [1.807, 2.05) is 13.8 Å². The minimum Gasteiger partial charge on any atom is -0.467 e. The Morgan fingerprint density at radius 2 is 2.17 bits per heavy atom. The summed E-state index contributed by atoms with van der Waals surface area (Å²) in [7, 11) is 0. The molecule has 0 aliphatic carbocycles. The highest BCUT2D eigenvalue weighted by Gasteiger charge is 2.21. The topological polar surface area (TPSA) is 87.6 Å². The molecule has 2 aromatic rings. The van der Waals surface area contributed by atoms with Gasteiger partial charge in [-0.3, -0.25) is 10.1 Å². The number of fused-ring (bicyclic) bond motifs is 1. The molecule has 0 unspecified atom stereocenters. The predicted molar refractivity (Wildman–Crippen MR) is 84.4 cm³/mol. The van der Waals surface area contributed by atoms with Crippen LogP contribution < -0.4 is 4.74 Å². The lowest BCUT2D eigenvalue weighted by molar-refractivity contribution is -0.385. The van der Waals surface area contributed by atoms with E-state index in [2.05, 4.69) is 5.16 Å². The largest absolute Gasteiger partial charge is 0.467 e. The summed E-state index contributed by atoms with van der Waals surface area (Å²) in [6, 6.07) is 3.08. The molecule has 0 amide bonds. The van der Waals surface area contributed by atoms with Gasteiger partial charge in [-0.25, -0.2) is 0 Å². The van der Waals surface area contributed by atoms with Crippen molar-refractivity contribution in [1.82, 2.24) is 5.16 Å². The second-order valence-corrected chi connectivity index (χ2v) is 6.24. The number of nitro benzene ring substituents is 1. The van der Waals surface area contributed by atoms with Gasteiger partial charge >= 0.3 is 0 Å². The van der Waals surface area contributed by atoms with Gasteiger partial charge in [0.1, 0.15) is 11.5 Å². The van der Waals surface area contributed by atoms with Crippen LogP contribution in [-0.2, 0) is 22.8 Å². The van der Waals surface area contributed by atoms with Crippen molar-refractivity contribution in [2.24, 2.45) is 0 Å². The molecule has 23 heavy (non-hydrogen) atoms. The first-order chi connectivity index (χ1) is 11.1. The van der Waals surface area contributed by atoms with Crippen LogP contribution in [0.25, 0.3) is 0 Å². The average molecular weight is 336 g/mol. The first-order valence-electron chi connectivity index (χ1n) is 7.06. The van der Waals surface area contributed by atoms with Crippen LogP contribution in [0.3, 0.4) is 0 Å². The van der Waals surface area contributed by atoms with Crippen molar-refractivity contribution in [2.45, 2.75) is 32.0 Å². The van der Waals surface area contributed by atoms with Crippen molar-refractivity contribution in [3.05, 3.63) is 50.4 Å². The number of rotatable bonds is 5. The fourth-order valence-corrected chi connectivity index (χ4v) is 3.62. The number of nitrogens with zero attached hydrogens (tertiary/aromatic N) is 2. The van der Waals surface area contributed by atoms with Crippen LogP contribution in [-0.4, -0.2) is 16.9 Å². The number of ether oxygens (including phenoxy) is 2. The van der Waals surface area contributed by atoms with E-state index in [1.165, 1.54) is 6.07 Å². The van der Waals surface area contributed by atoms with Crippen LogP contribution in [0.5, 0.6) is 5.75 Å². The van der Waals surface area contributed by atoms with E-state index in [-0.39, 0.29) is 12.5 Å². The summed E-state index contributed by atoms with van der Waals surface area (Å²) in [6.45, 7) is 4.29. The van der Waals surface area contributed by atoms with Crippen LogP contribution in [0.1, 0.15) is 28.1 Å². The van der Waals surface area contributed by atoms with Crippen molar-refractivity contribution < 1.29 is 18.9 Å². The molecule has 0 bridgehead atoms. The highest BCUT2D eigenvalue weighted by Crippen LogP contribution is 2.35. The lowest BCUT2D eigenvalue weighted by Gasteiger charge is -2.20. The van der Waals surface area contributed by atoms with E-state index in [1.54, 1.807) is 17.8 Å². The van der Waals surface area contributed by atoms with Crippen molar-refractivity contribution in [3.8, 4) is 5.75 Å². The van der Waals surface area contributed by atoms with Crippen LogP contribution in [0, 0.1) is 24.0 Å². The number of nitro groups is 1. The van der Waals surface area contributed by atoms with Gasteiger partial charge < -0.3 is 14.0 Å². The highest BCUT2D eigenvalue weighted by atomic mass is 32.2. The summed E-state index contributed by atoms with van der Waals surface area (Å²) >= 11 is 1.64. The molecule has 0 spiro atoms. The second-order valence-electron chi connectivity index (χ2n) is 5.26. The molecule has 0 saturated carbocycles. The third kappa shape index (κ3) is 3.32. The normalized spacial score (nSPS) is 13.5. The van der Waals surface area contributed by atoms with E-state index in [9.17, 15) is 10.1 Å². The molecule has 2 heterocycles. The number of hydrogen-bond acceptors (Lipinski definition) is 7. The molecule has 0 N–H and O–H groups in total. The molecular formula is C15H16N2O5S. The molecule has 7 nitrogen and oxygen atoms in total. The smallest absolute Gasteiger partial charge is 0.270 e. The Bertz CT molecular complexity index is 724. The van der Waals surface area contributed by atoms with E-state index in [4.69, 9.17) is 14.0 Å². The van der Waals surface area contributed by atoms with Gasteiger partial charge in [0.2, 0.25) is 0 Å². The molecule has 1 aliphatic heterocycles. The van der Waals surface area contributed by atoms with E-state index < -0.39 is 4.92 Å². The Morgan fingerprint density at radius 1 is 1.35 bits per heavy atom. The predicted octanol–water partition coefficient (Wildman–Crippen LogP) is 3.50. The fraction of sp³-hybridized carbons (Fsp3) is 0.400. The van der Waals surface area contributed by atoms with Crippen LogP contribution >= 0.6 is 11.8 Å². The first-order valence-corrected chi connectivity index (χ1v) is 8.22. The Balaban J connectivity index is 1.79. The zero-order valence-corrected chi connectivity index (χ0v) is 13.6. The molecule has 0 atom stereocenters. The van der Waals surface area contributed by atoms with Crippen molar-refractivity contribution in [2.75, 3.05) is 6.79 Å². The summed E-state index contributed by atoms with van der Waals surface area (Å²) in [5, 5.41) is 15.0. The Labute approximate surface area is 137 Å². The second kappa shape index (κ2) is 6.59. The highest BCUT2D eigenvalue weighted by molar-refractivity contribution is 7.97. The lowest BCUT2D eigenvalue weighted by Crippen LogP contribution is -2.13. The minimum atomic E-state index is -0.392. The van der Waals surface area contributed by atoms with E-state index in [0.29, 0.717) is 18.1 Å². The Hall–Kier alpha value is -2.06. The summed E-state index contributed by atoms with van der Waals surface area (Å²) in [4.78, 5) is 10.7. The number of aryl methyl sites for hydroxylation is 2. The maximum absolute atomic E-state index is 11.1. The minimum absolute atomic E-state index is 0.0609. The van der Waals surface area contributed by atoms with Gasteiger partial charge in [-0.05, 0) is 13.8 Å². The molecule has 8 heteroatoms. The van der Waals surface area contributed by atoms with Gasteiger partial charge in [0.15, 0.2) is 6.79 Å². The SMILES string of the molecule is Cc1noc(C)c1CSCc1cc([N+](=O)[O-])cc2c1OCOC2. The average Bonchev–Trinajstić information content (AvgIpc) is 2.86. The number of aromatic nitrogens is 1. The molecule has 1 aromatic carbocycles. The van der Waals surface area contributed by atoms with Gasteiger partial charge in [-0.1, -0.05) is 5.16 Å². The molecule has 3 rings (SSSR count). The molecule has 1 aliphatic rings. The first kappa shape index (κ1) is 15.8. The molecule has 0 radical (unpaired) electrons. The van der Waals surface area contributed by atoms with Gasteiger partial charge in [0, 0.05) is 40.3 Å². The molecule has 0 fully saturated rings. The monoisotopic (exact) mass is 336 g/mol. The maximum Gasteiger partial charge on any atom is 0.270 e. The number of hydrogen-bond donors (Lipinski definition) is 0. The molecular weight excluding hydrogens is 320 g/mol. The third-order valence-electron chi connectivity index (χ3n) is 3.67. The van der Waals surface area contributed by atoms with E-state index in [0.717, 1.165) is 33.9 Å². The summed E-state index contributed by atoms with van der Waals surface area (Å²) in [5.41, 5.74) is 3.54. The van der Waals surface area contributed by atoms with Gasteiger partial charge in [-0.2, -0.15) is 11.8 Å². The summed E-state index contributed by atoms with van der Waals surface area (Å²) < 4.78 is 15.9. The van der Waals surface area contributed by atoms with Gasteiger partial charge in [0.05, 0.1) is 17.2 Å². The lowest BCUT2D eigenvalue weighted by atomic mass is 10.1. The molecule has 1 aromatic heterocycles. The summed E-state index contributed by atoms with van der Waals surface area (Å²) in [6.07, 6.45) is 0. The quantitative estimate of drug-likeness (QED) is 0.610. The maximum atomic E-state index is 11.1. The number of benzene rings is 1. The molecule has 0 saturated heterocycles. The molecule has 122 valence electrons. The fourth-order valence-electron chi connectivity index (χ4n) is 2.46. The van der Waals surface area contributed by atoms with Crippen molar-refractivity contribution in [3.63, 3.8) is 0 Å². The Kier molecular flexibility index (Phi) is 4.53. The van der Waals surface area contributed by atoms with Crippen molar-refractivity contribution in [1.29, 1.82) is 0 Å². The third-order valence-corrected chi connectivity index (χ3v) is 4.68. The number of thioether (sulfide) groups is 1. The number of non-ortho nitro benzene ring substituents is 1. The summed E-state index contributed by atoms with van der Waals surface area (Å²) in [5.74, 6) is 2.84. The van der Waals surface area contributed by atoms with Gasteiger partial charge in [0.25, 0.3) is 5.69 Å². The van der Waals surface area contributed by atoms with Crippen LogP contribution in [0.2, 0.25) is 0 Å². The Morgan fingerprint density at radius 3 is 2.87 bits per heavy atom. The van der Waals surface area contributed by atoms with Crippen molar-refractivity contribution >= 4 is 17.4 Å². The van der Waals surface area contributed by atoms with Crippen LogP contribution in [0.15, 0.2) is 16.7 Å². The zero-order valence-electron chi connectivity index (χ0n) is 12.8.